The summed E-state index contributed by atoms with van der Waals surface area (Å²) in [5.41, 5.74) is -1.73. The lowest BCUT2D eigenvalue weighted by Gasteiger charge is -2.37. The van der Waals surface area contributed by atoms with E-state index in [-0.39, 0.29) is 24.3 Å². The number of ether oxygens (including phenoxy) is 1. The van der Waals surface area contributed by atoms with E-state index in [2.05, 4.69) is 20.1 Å². The van der Waals surface area contributed by atoms with Gasteiger partial charge < -0.3 is 24.5 Å². The minimum Gasteiger partial charge on any atom is -0.396 e. The van der Waals surface area contributed by atoms with E-state index in [4.69, 9.17) is 4.74 Å². The number of likely N-dealkylation sites (tertiary alicyclic amines) is 1. The number of carbonyl (C=O) groups is 3. The van der Waals surface area contributed by atoms with Crippen molar-refractivity contribution in [1.29, 1.82) is 0 Å². The molecule has 0 radical (unpaired) electrons. The van der Waals surface area contributed by atoms with Gasteiger partial charge in [0.25, 0.3) is 0 Å². The van der Waals surface area contributed by atoms with E-state index in [1.165, 1.54) is 0 Å². The number of unbranched alkanes of at least 4 members (excludes halogenated alkanes) is 5. The first-order chi connectivity index (χ1) is 19.3. The SMILES string of the molecule is C=CCN(CCCCC)C(=O)C1N(CCCCCCO)C(=O)[C@@H]2[C@H](C(=O)N(CC=C)CCC)[C@]3(CC)CCC12O3. The van der Waals surface area contributed by atoms with Crippen LogP contribution in [-0.2, 0) is 19.1 Å². The Hall–Kier alpha value is -2.19. The summed E-state index contributed by atoms with van der Waals surface area (Å²) in [5, 5.41) is 9.18. The largest absolute Gasteiger partial charge is 0.396 e. The van der Waals surface area contributed by atoms with Gasteiger partial charge in [-0.3, -0.25) is 14.4 Å². The first-order valence-corrected chi connectivity index (χ1v) is 15.7. The Morgan fingerprint density at radius 3 is 2.23 bits per heavy atom. The third kappa shape index (κ3) is 6.03. The predicted molar refractivity (Wildman–Crippen MR) is 157 cm³/mol. The summed E-state index contributed by atoms with van der Waals surface area (Å²) in [6.45, 7) is 16.6. The molecular formula is C32H53N3O5. The van der Waals surface area contributed by atoms with E-state index in [1.807, 2.05) is 23.6 Å². The van der Waals surface area contributed by atoms with Gasteiger partial charge in [0.15, 0.2) is 0 Å². The van der Waals surface area contributed by atoms with Crippen LogP contribution in [-0.4, -0.2) is 94.1 Å². The summed E-state index contributed by atoms with van der Waals surface area (Å²) >= 11 is 0. The van der Waals surface area contributed by atoms with Crippen molar-refractivity contribution in [2.75, 3.05) is 39.3 Å². The van der Waals surface area contributed by atoms with Crippen molar-refractivity contribution in [3.63, 3.8) is 0 Å². The van der Waals surface area contributed by atoms with E-state index in [0.29, 0.717) is 52.0 Å². The molecule has 3 fully saturated rings. The Morgan fingerprint density at radius 1 is 0.950 bits per heavy atom. The Balaban J connectivity index is 2.02. The lowest BCUT2D eigenvalue weighted by molar-refractivity contribution is -0.155. The van der Waals surface area contributed by atoms with Gasteiger partial charge in [0.2, 0.25) is 17.7 Å². The van der Waals surface area contributed by atoms with Gasteiger partial charge in [0, 0.05) is 39.3 Å². The minimum absolute atomic E-state index is 0.0505. The van der Waals surface area contributed by atoms with Gasteiger partial charge in [-0.2, -0.15) is 0 Å². The van der Waals surface area contributed by atoms with Crippen LogP contribution >= 0.6 is 0 Å². The zero-order valence-corrected chi connectivity index (χ0v) is 25.2. The molecule has 3 rings (SSSR count). The summed E-state index contributed by atoms with van der Waals surface area (Å²) in [4.78, 5) is 48.4. The molecule has 226 valence electrons. The van der Waals surface area contributed by atoms with Crippen LogP contribution in [0.25, 0.3) is 0 Å². The van der Waals surface area contributed by atoms with Gasteiger partial charge in [-0.05, 0) is 44.9 Å². The average molecular weight is 560 g/mol. The van der Waals surface area contributed by atoms with E-state index in [0.717, 1.165) is 51.4 Å². The molecule has 8 heteroatoms. The number of aliphatic hydroxyl groups excluding tert-OH is 1. The van der Waals surface area contributed by atoms with Crippen molar-refractivity contribution >= 4 is 17.7 Å². The number of hydrogen-bond donors (Lipinski definition) is 1. The predicted octanol–water partition coefficient (Wildman–Crippen LogP) is 4.32. The van der Waals surface area contributed by atoms with E-state index >= 15 is 0 Å². The Kier molecular flexibility index (Phi) is 11.8. The second kappa shape index (κ2) is 14.6. The Morgan fingerprint density at radius 2 is 1.62 bits per heavy atom. The first kappa shape index (κ1) is 32.3. The van der Waals surface area contributed by atoms with Crippen molar-refractivity contribution in [3.8, 4) is 0 Å². The molecule has 0 saturated carbocycles. The highest BCUT2D eigenvalue weighted by molar-refractivity contribution is 5.99. The Labute approximate surface area is 241 Å². The number of carbonyl (C=O) groups excluding carboxylic acids is 3. The maximum Gasteiger partial charge on any atom is 0.248 e. The summed E-state index contributed by atoms with van der Waals surface area (Å²) in [5.74, 6) is -1.52. The summed E-state index contributed by atoms with van der Waals surface area (Å²) in [6, 6.07) is -0.741. The van der Waals surface area contributed by atoms with E-state index < -0.39 is 29.1 Å². The molecule has 5 atom stereocenters. The molecule has 8 nitrogen and oxygen atoms in total. The molecule has 1 spiro atoms. The third-order valence-corrected chi connectivity index (χ3v) is 9.34. The zero-order chi connectivity index (χ0) is 29.3. The summed E-state index contributed by atoms with van der Waals surface area (Å²) in [6.07, 6.45) is 12.4. The topological polar surface area (TPSA) is 90.4 Å². The maximum atomic E-state index is 14.4. The molecule has 1 N–H and O–H groups in total. The highest BCUT2D eigenvalue weighted by atomic mass is 16.5. The van der Waals surface area contributed by atoms with Crippen LogP contribution < -0.4 is 0 Å². The second-order valence-electron chi connectivity index (χ2n) is 11.9. The fourth-order valence-electron chi connectivity index (χ4n) is 7.45. The molecule has 3 aliphatic heterocycles. The molecule has 0 aromatic rings. The van der Waals surface area contributed by atoms with Crippen LogP contribution in [0.2, 0.25) is 0 Å². The average Bonchev–Trinajstić information content (AvgIpc) is 3.55. The fourth-order valence-corrected chi connectivity index (χ4v) is 7.45. The molecular weight excluding hydrogens is 506 g/mol. The van der Waals surface area contributed by atoms with Gasteiger partial charge in [-0.15, -0.1) is 13.2 Å². The van der Waals surface area contributed by atoms with Gasteiger partial charge in [0.1, 0.15) is 11.6 Å². The van der Waals surface area contributed by atoms with Crippen molar-refractivity contribution in [2.24, 2.45) is 11.8 Å². The monoisotopic (exact) mass is 559 g/mol. The summed E-state index contributed by atoms with van der Waals surface area (Å²) in [7, 11) is 0. The standard InChI is InChI=1S/C32H53N3O5/c1-6-11-14-22-34(21-9-4)30(39)27-32-18-17-31(10-5,40-32)25(28(37)33(19-7-2)20-8-3)26(32)29(38)35(27)23-15-12-13-16-24-36/h7,9,25-27,36H,2,4,6,8,10-24H2,1,3,5H3/t25-,26+,27?,31+,32?/m1/s1. The molecule has 2 unspecified atom stereocenters. The van der Waals surface area contributed by atoms with Gasteiger partial charge in [0.05, 0.1) is 17.4 Å². The fraction of sp³-hybridized carbons (Fsp3) is 0.781. The van der Waals surface area contributed by atoms with Crippen LogP contribution in [0, 0.1) is 11.8 Å². The molecule has 0 aliphatic carbocycles. The number of fused-ring (bicyclic) bond motifs is 1. The number of nitrogens with zero attached hydrogens (tertiary/aromatic N) is 3. The molecule has 3 saturated heterocycles. The molecule has 40 heavy (non-hydrogen) atoms. The molecule has 0 aromatic heterocycles. The normalized spacial score (nSPS) is 28.6. The molecule has 0 aromatic carbocycles. The highest BCUT2D eigenvalue weighted by Gasteiger charge is 2.78. The van der Waals surface area contributed by atoms with Crippen LogP contribution in [0.4, 0.5) is 0 Å². The van der Waals surface area contributed by atoms with Crippen molar-refractivity contribution in [2.45, 2.75) is 109 Å². The highest BCUT2D eigenvalue weighted by Crippen LogP contribution is 2.64. The van der Waals surface area contributed by atoms with Gasteiger partial charge in [-0.1, -0.05) is 58.6 Å². The van der Waals surface area contributed by atoms with Crippen LogP contribution in [0.1, 0.15) is 91.4 Å². The first-order valence-electron chi connectivity index (χ1n) is 15.7. The van der Waals surface area contributed by atoms with Crippen LogP contribution in [0.5, 0.6) is 0 Å². The van der Waals surface area contributed by atoms with Gasteiger partial charge >= 0.3 is 0 Å². The molecule has 3 amide bonds. The number of hydrogen-bond acceptors (Lipinski definition) is 5. The number of rotatable bonds is 19. The van der Waals surface area contributed by atoms with Crippen LogP contribution in [0.15, 0.2) is 25.3 Å². The molecule has 3 aliphatic rings. The lowest BCUT2D eigenvalue weighted by Crippen LogP contribution is -2.56. The minimum atomic E-state index is -0.994. The van der Waals surface area contributed by atoms with Gasteiger partial charge in [-0.25, -0.2) is 0 Å². The second-order valence-corrected chi connectivity index (χ2v) is 11.9. The van der Waals surface area contributed by atoms with Crippen LogP contribution in [0.3, 0.4) is 0 Å². The summed E-state index contributed by atoms with van der Waals surface area (Å²) < 4.78 is 6.95. The van der Waals surface area contributed by atoms with Crippen molar-refractivity contribution in [1.82, 2.24) is 14.7 Å². The quantitative estimate of drug-likeness (QED) is 0.188. The van der Waals surface area contributed by atoms with Crippen molar-refractivity contribution in [3.05, 3.63) is 25.3 Å². The number of amides is 3. The number of aliphatic hydroxyl groups is 1. The van der Waals surface area contributed by atoms with E-state index in [9.17, 15) is 19.5 Å². The Bertz CT molecular complexity index is 909. The smallest absolute Gasteiger partial charge is 0.248 e. The zero-order valence-electron chi connectivity index (χ0n) is 25.2. The van der Waals surface area contributed by atoms with E-state index in [1.54, 1.807) is 17.1 Å². The third-order valence-electron chi connectivity index (χ3n) is 9.34. The maximum absolute atomic E-state index is 14.4. The molecule has 3 heterocycles. The lowest BCUT2D eigenvalue weighted by atomic mass is 9.64. The molecule has 2 bridgehead atoms. The van der Waals surface area contributed by atoms with Crippen molar-refractivity contribution < 1.29 is 24.2 Å².